The Morgan fingerprint density at radius 3 is 3.04 bits per heavy atom. The van der Waals surface area contributed by atoms with E-state index >= 15 is 0 Å². The molecule has 1 amide bonds. The summed E-state index contributed by atoms with van der Waals surface area (Å²) in [6, 6.07) is 2.72. The van der Waals surface area contributed by atoms with Crippen LogP contribution in [0.4, 0.5) is 4.39 Å². The molecular formula is C19H15FN4O3S. The summed E-state index contributed by atoms with van der Waals surface area (Å²) < 4.78 is 21.9. The SMILES string of the molecule is CC(O)(C#Cc1cc2c(cc1F)OCCn1cc(C(N)=O)nc1-2)c1nccs1. The molecule has 1 aromatic carbocycles. The second-order valence-corrected chi connectivity index (χ2v) is 7.24. The van der Waals surface area contributed by atoms with Crippen LogP contribution in [0.15, 0.2) is 29.9 Å². The Hall–Kier alpha value is -3.22. The lowest BCUT2D eigenvalue weighted by molar-refractivity contribution is 0.0995. The number of thiazole rings is 1. The maximum atomic E-state index is 14.6. The molecule has 0 radical (unpaired) electrons. The van der Waals surface area contributed by atoms with Crippen LogP contribution in [0.25, 0.3) is 11.4 Å². The molecule has 28 heavy (non-hydrogen) atoms. The molecule has 0 aliphatic carbocycles. The van der Waals surface area contributed by atoms with E-state index in [0.29, 0.717) is 28.7 Å². The second-order valence-electron chi connectivity index (χ2n) is 6.34. The summed E-state index contributed by atoms with van der Waals surface area (Å²) in [5.41, 5.74) is 4.48. The highest BCUT2D eigenvalue weighted by Gasteiger charge is 2.24. The highest BCUT2D eigenvalue weighted by atomic mass is 32.1. The molecule has 1 atom stereocenters. The molecule has 3 aromatic rings. The molecule has 142 valence electrons. The molecule has 0 saturated carbocycles. The summed E-state index contributed by atoms with van der Waals surface area (Å²) in [5, 5.41) is 12.6. The molecule has 3 N–H and O–H groups in total. The molecule has 2 aromatic heterocycles. The van der Waals surface area contributed by atoms with Crippen LogP contribution >= 0.6 is 11.3 Å². The van der Waals surface area contributed by atoms with Gasteiger partial charge in [-0.3, -0.25) is 4.79 Å². The van der Waals surface area contributed by atoms with Crippen molar-refractivity contribution in [1.82, 2.24) is 14.5 Å². The van der Waals surface area contributed by atoms with Crippen molar-refractivity contribution in [2.45, 2.75) is 19.1 Å². The quantitative estimate of drug-likeness (QED) is 0.642. The number of hydrogen-bond donors (Lipinski definition) is 2. The Morgan fingerprint density at radius 1 is 1.50 bits per heavy atom. The number of aliphatic hydroxyl groups is 1. The smallest absolute Gasteiger partial charge is 0.268 e. The molecule has 4 rings (SSSR count). The summed E-state index contributed by atoms with van der Waals surface area (Å²) in [6.45, 7) is 2.22. The third kappa shape index (κ3) is 3.24. The van der Waals surface area contributed by atoms with Crippen molar-refractivity contribution in [1.29, 1.82) is 0 Å². The van der Waals surface area contributed by atoms with Crippen LogP contribution in [0.1, 0.15) is 28.0 Å². The largest absolute Gasteiger partial charge is 0.491 e. The van der Waals surface area contributed by atoms with Crippen LogP contribution in [-0.2, 0) is 12.1 Å². The maximum absolute atomic E-state index is 14.6. The van der Waals surface area contributed by atoms with Gasteiger partial charge in [0.25, 0.3) is 5.91 Å². The Bertz CT molecular complexity index is 1130. The van der Waals surface area contributed by atoms with Crippen molar-refractivity contribution in [3.05, 3.63) is 52.0 Å². The summed E-state index contributed by atoms with van der Waals surface area (Å²) in [6.07, 6.45) is 3.10. The minimum absolute atomic E-state index is 0.0660. The van der Waals surface area contributed by atoms with Crippen LogP contribution in [-0.4, -0.2) is 32.2 Å². The molecule has 9 heteroatoms. The molecule has 0 saturated heterocycles. The molecule has 1 aliphatic heterocycles. The van der Waals surface area contributed by atoms with E-state index in [9.17, 15) is 14.3 Å². The Labute approximate surface area is 163 Å². The fourth-order valence-corrected chi connectivity index (χ4v) is 3.48. The predicted octanol–water partition coefficient (Wildman–Crippen LogP) is 1.90. The Balaban J connectivity index is 1.80. The molecule has 0 fully saturated rings. The van der Waals surface area contributed by atoms with E-state index < -0.39 is 17.3 Å². The number of halogens is 1. The van der Waals surface area contributed by atoms with Crippen LogP contribution in [0.3, 0.4) is 0 Å². The van der Waals surface area contributed by atoms with Gasteiger partial charge in [0.15, 0.2) is 5.60 Å². The first kappa shape index (κ1) is 18.2. The van der Waals surface area contributed by atoms with E-state index in [1.807, 2.05) is 0 Å². The lowest BCUT2D eigenvalue weighted by atomic mass is 10.1. The average Bonchev–Trinajstić information content (AvgIpc) is 3.29. The van der Waals surface area contributed by atoms with Crippen LogP contribution < -0.4 is 10.5 Å². The van der Waals surface area contributed by atoms with E-state index in [1.54, 1.807) is 16.1 Å². The molecule has 0 spiro atoms. The highest BCUT2D eigenvalue weighted by Crippen LogP contribution is 2.34. The number of carbonyl (C=O) groups excluding carboxylic acids is 1. The number of rotatable bonds is 2. The van der Waals surface area contributed by atoms with Gasteiger partial charge in [-0.25, -0.2) is 14.4 Å². The van der Waals surface area contributed by atoms with Gasteiger partial charge in [-0.15, -0.1) is 11.3 Å². The molecular weight excluding hydrogens is 383 g/mol. The Kier molecular flexibility index (Phi) is 4.37. The lowest BCUT2D eigenvalue weighted by Crippen LogP contribution is -2.18. The van der Waals surface area contributed by atoms with Crippen molar-refractivity contribution in [2.24, 2.45) is 5.73 Å². The number of benzene rings is 1. The number of amides is 1. The van der Waals surface area contributed by atoms with E-state index in [-0.39, 0.29) is 17.9 Å². The number of imidazole rings is 1. The normalized spacial score (nSPS) is 14.5. The van der Waals surface area contributed by atoms with Crippen molar-refractivity contribution in [3.8, 4) is 29.0 Å². The molecule has 1 aliphatic rings. The van der Waals surface area contributed by atoms with Crippen LogP contribution in [0, 0.1) is 17.7 Å². The van der Waals surface area contributed by atoms with Gasteiger partial charge in [-0.1, -0.05) is 11.8 Å². The highest BCUT2D eigenvalue weighted by molar-refractivity contribution is 7.09. The number of nitrogens with zero attached hydrogens (tertiary/aromatic N) is 3. The number of primary amides is 1. The van der Waals surface area contributed by atoms with Gasteiger partial charge in [0, 0.05) is 23.8 Å². The van der Waals surface area contributed by atoms with Gasteiger partial charge in [-0.2, -0.15) is 0 Å². The van der Waals surface area contributed by atoms with E-state index in [2.05, 4.69) is 21.8 Å². The second kappa shape index (κ2) is 6.74. The third-order valence-electron chi connectivity index (χ3n) is 4.22. The minimum atomic E-state index is -1.51. The lowest BCUT2D eigenvalue weighted by Gasteiger charge is -2.12. The summed E-state index contributed by atoms with van der Waals surface area (Å²) in [4.78, 5) is 19.8. The van der Waals surface area contributed by atoms with Gasteiger partial charge >= 0.3 is 0 Å². The van der Waals surface area contributed by atoms with Crippen LogP contribution in [0.5, 0.6) is 5.75 Å². The number of fused-ring (bicyclic) bond motifs is 3. The van der Waals surface area contributed by atoms with Gasteiger partial charge in [0.05, 0.1) is 17.7 Å². The number of aromatic nitrogens is 3. The first-order valence-electron chi connectivity index (χ1n) is 8.34. The first-order valence-corrected chi connectivity index (χ1v) is 9.22. The molecule has 7 nitrogen and oxygen atoms in total. The van der Waals surface area contributed by atoms with Gasteiger partial charge in [0.2, 0.25) is 0 Å². The minimum Gasteiger partial charge on any atom is -0.491 e. The van der Waals surface area contributed by atoms with Gasteiger partial charge in [0.1, 0.15) is 34.7 Å². The topological polar surface area (TPSA) is 103 Å². The van der Waals surface area contributed by atoms with E-state index in [1.165, 1.54) is 36.6 Å². The summed E-state index contributed by atoms with van der Waals surface area (Å²) in [7, 11) is 0. The van der Waals surface area contributed by atoms with Crippen LogP contribution in [0.2, 0.25) is 0 Å². The van der Waals surface area contributed by atoms with Crippen molar-refractivity contribution in [3.63, 3.8) is 0 Å². The molecule has 3 heterocycles. The van der Waals surface area contributed by atoms with Crippen molar-refractivity contribution >= 4 is 17.2 Å². The zero-order chi connectivity index (χ0) is 19.9. The third-order valence-corrected chi connectivity index (χ3v) is 5.20. The molecule has 1 unspecified atom stereocenters. The number of hydrogen-bond acceptors (Lipinski definition) is 6. The molecule has 0 bridgehead atoms. The average molecular weight is 398 g/mol. The summed E-state index contributed by atoms with van der Waals surface area (Å²) in [5.74, 6) is 4.85. The first-order chi connectivity index (χ1) is 13.3. The standard InChI is InChI=1S/C19H15FN4O3S/c1-19(26,18-22-4-7-28-18)3-2-11-8-12-15(9-13(11)20)27-6-5-24-10-14(16(21)25)23-17(12)24/h4,7-10,26H,5-6H2,1H3,(H2,21,25). The van der Waals surface area contributed by atoms with Crippen molar-refractivity contribution in [2.75, 3.05) is 6.61 Å². The van der Waals surface area contributed by atoms with E-state index in [4.69, 9.17) is 10.5 Å². The number of ether oxygens (including phenoxy) is 1. The Morgan fingerprint density at radius 2 is 2.32 bits per heavy atom. The monoisotopic (exact) mass is 398 g/mol. The predicted molar refractivity (Wildman–Crippen MR) is 100 cm³/mol. The van der Waals surface area contributed by atoms with Gasteiger partial charge in [-0.05, 0) is 13.0 Å². The van der Waals surface area contributed by atoms with E-state index in [0.717, 1.165) is 0 Å². The zero-order valence-corrected chi connectivity index (χ0v) is 15.6. The zero-order valence-electron chi connectivity index (χ0n) is 14.8. The number of nitrogens with two attached hydrogens (primary N) is 1. The van der Waals surface area contributed by atoms with Crippen molar-refractivity contribution < 1.29 is 19.0 Å². The number of carbonyl (C=O) groups is 1. The maximum Gasteiger partial charge on any atom is 0.268 e. The van der Waals surface area contributed by atoms with Gasteiger partial charge < -0.3 is 20.1 Å². The summed E-state index contributed by atoms with van der Waals surface area (Å²) >= 11 is 1.26. The fraction of sp³-hybridized carbons (Fsp3) is 0.211. The fourth-order valence-electron chi connectivity index (χ4n) is 2.83.